The number of hydrogen-bond acceptors (Lipinski definition) is 9. The Labute approximate surface area is 264 Å². The van der Waals surface area contributed by atoms with Crippen LogP contribution >= 0.6 is 0 Å². The predicted molar refractivity (Wildman–Crippen MR) is 176 cm³/mol. The molecule has 13 heteroatoms. The van der Waals surface area contributed by atoms with Gasteiger partial charge in [0.05, 0.1) is 37.4 Å². The number of anilines is 1. The number of carbonyl (C=O) groups is 2. The van der Waals surface area contributed by atoms with Gasteiger partial charge in [0, 0.05) is 31.4 Å². The lowest BCUT2D eigenvalue weighted by molar-refractivity contribution is -0.139. The largest absolute Gasteiger partial charge is 0.469 e. The Bertz CT molecular complexity index is 1690. The first kappa shape index (κ1) is 35.4. The number of fused-ring (bicyclic) bond motifs is 3. The Morgan fingerprint density at radius 3 is 2.29 bits per heavy atom. The normalized spacial score (nSPS) is 11.4. The van der Waals surface area contributed by atoms with Crippen LogP contribution in [0.25, 0.3) is 21.9 Å². The summed E-state index contributed by atoms with van der Waals surface area (Å²) in [5.74, 6) is 1.26. The van der Waals surface area contributed by atoms with E-state index in [1.54, 1.807) is 0 Å². The summed E-state index contributed by atoms with van der Waals surface area (Å²) < 4.78 is 32.9. The van der Waals surface area contributed by atoms with Gasteiger partial charge in [-0.3, -0.25) is 14.1 Å². The summed E-state index contributed by atoms with van der Waals surface area (Å²) in [4.78, 5) is 38.2. The van der Waals surface area contributed by atoms with Gasteiger partial charge in [0.2, 0.25) is 5.91 Å². The van der Waals surface area contributed by atoms with E-state index in [-0.39, 0.29) is 18.3 Å². The molecule has 0 aliphatic carbocycles. The number of para-hydroxylation sites is 1. The minimum atomic E-state index is -3.67. The molecule has 45 heavy (non-hydrogen) atoms. The average molecular weight is 641 g/mol. The van der Waals surface area contributed by atoms with Gasteiger partial charge >= 0.3 is 5.97 Å². The van der Waals surface area contributed by atoms with Crippen molar-refractivity contribution in [3.63, 3.8) is 0 Å². The number of carbonyl (C=O) groups excluding carboxylic acids is 2. The lowest BCUT2D eigenvalue weighted by Gasteiger charge is -2.25. The molecule has 2 aromatic heterocycles. The monoisotopic (exact) mass is 640 g/mol. The van der Waals surface area contributed by atoms with Gasteiger partial charge in [-0.1, -0.05) is 55.8 Å². The van der Waals surface area contributed by atoms with Crippen molar-refractivity contribution < 1.29 is 27.3 Å². The number of methoxy groups -OCH3 is 1. The molecule has 2 aromatic carbocycles. The number of hydrogen-bond donors (Lipinski definition) is 2. The Balaban J connectivity index is 0.00000102. The third-order valence-electron chi connectivity index (χ3n) is 7.03. The summed E-state index contributed by atoms with van der Waals surface area (Å²) in [6, 6.07) is 15.8. The molecule has 12 nitrogen and oxygen atoms in total. The van der Waals surface area contributed by atoms with Gasteiger partial charge in [-0.25, -0.2) is 9.97 Å². The molecule has 0 radical (unpaired) electrons. The summed E-state index contributed by atoms with van der Waals surface area (Å²) >= 11 is 0. The van der Waals surface area contributed by atoms with Crippen LogP contribution in [0, 0.1) is 0 Å². The topological polar surface area (TPSA) is 161 Å². The number of pyridine rings is 1. The molecular formula is C32H44N6O6S. The number of aromatic nitrogens is 3. The van der Waals surface area contributed by atoms with E-state index in [4.69, 9.17) is 20.0 Å². The molecule has 4 aromatic rings. The van der Waals surface area contributed by atoms with Crippen LogP contribution in [-0.4, -0.2) is 89.7 Å². The Hall–Kier alpha value is -4.07. The molecular weight excluding hydrogens is 596 g/mol. The van der Waals surface area contributed by atoms with Crippen molar-refractivity contribution in [3.05, 3.63) is 65.5 Å². The number of likely N-dealkylation sites (N-methyl/N-ethyl adjacent to an activating group) is 1. The number of benzene rings is 2. The average Bonchev–Trinajstić information content (AvgIpc) is 3.34. The Kier molecular flexibility index (Phi) is 12.8. The van der Waals surface area contributed by atoms with E-state index in [9.17, 15) is 18.0 Å². The molecule has 2 heterocycles. The maximum absolute atomic E-state index is 13.2. The number of esters is 1. The quantitative estimate of drug-likeness (QED) is 0.163. The smallest absolute Gasteiger partial charge is 0.309 e. The molecule has 0 aliphatic heterocycles. The number of aryl methyl sites for hydroxylation is 2. The molecule has 0 bridgehead atoms. The van der Waals surface area contributed by atoms with E-state index >= 15 is 0 Å². The number of imidazole rings is 1. The molecule has 1 amide bonds. The van der Waals surface area contributed by atoms with Gasteiger partial charge in [-0.05, 0) is 44.1 Å². The molecule has 0 saturated heterocycles. The van der Waals surface area contributed by atoms with Gasteiger partial charge in [0.25, 0.3) is 10.1 Å². The van der Waals surface area contributed by atoms with E-state index in [2.05, 4.69) is 22.5 Å². The Morgan fingerprint density at radius 2 is 1.67 bits per heavy atom. The predicted octanol–water partition coefficient (Wildman–Crippen LogP) is 3.71. The Morgan fingerprint density at radius 1 is 1.02 bits per heavy atom. The van der Waals surface area contributed by atoms with Crippen LogP contribution in [0.4, 0.5) is 5.82 Å². The third-order valence-corrected chi connectivity index (χ3v) is 7.03. The molecule has 3 N–H and O–H groups in total. The fourth-order valence-electron chi connectivity index (χ4n) is 4.98. The molecule has 0 atom stereocenters. The number of rotatable bonds is 13. The summed E-state index contributed by atoms with van der Waals surface area (Å²) in [6.45, 7) is 4.32. The summed E-state index contributed by atoms with van der Waals surface area (Å²) in [5, 5.41) is 1.04. The molecule has 0 fully saturated rings. The zero-order valence-electron chi connectivity index (χ0n) is 26.7. The minimum absolute atomic E-state index is 0.0734. The van der Waals surface area contributed by atoms with Crippen molar-refractivity contribution in [2.45, 2.75) is 52.1 Å². The highest BCUT2D eigenvalue weighted by atomic mass is 32.2. The maximum atomic E-state index is 13.2. The fraction of sp³-hybridized carbons (Fsp3) is 0.438. The van der Waals surface area contributed by atoms with Crippen LogP contribution in [-0.2, 0) is 50.4 Å². The van der Waals surface area contributed by atoms with Gasteiger partial charge < -0.3 is 24.8 Å². The van der Waals surface area contributed by atoms with E-state index in [1.165, 1.54) is 7.11 Å². The van der Waals surface area contributed by atoms with Gasteiger partial charge in [0.15, 0.2) is 5.82 Å². The SMILES string of the molecule is CCCCc1nc2c(N)nc3ccccc3c2n1CCCN(Cc1ccc(CC(=O)OC)cc1)C(=O)CN(C)C.CS(=O)(=O)O. The van der Waals surface area contributed by atoms with Gasteiger partial charge in [-0.2, -0.15) is 8.42 Å². The van der Waals surface area contributed by atoms with Crippen molar-refractivity contribution in [3.8, 4) is 0 Å². The van der Waals surface area contributed by atoms with Crippen LogP contribution in [0.5, 0.6) is 0 Å². The minimum Gasteiger partial charge on any atom is -0.469 e. The van der Waals surface area contributed by atoms with Crippen molar-refractivity contribution in [1.29, 1.82) is 0 Å². The third kappa shape index (κ3) is 10.8. The highest BCUT2D eigenvalue weighted by Crippen LogP contribution is 2.29. The van der Waals surface area contributed by atoms with E-state index < -0.39 is 10.1 Å². The van der Waals surface area contributed by atoms with Crippen LogP contribution in [0.1, 0.15) is 43.1 Å². The molecule has 4 rings (SSSR count). The van der Waals surface area contributed by atoms with E-state index in [1.807, 2.05) is 66.4 Å². The standard InChI is InChI=1S/C31H40N6O3.CH4O3S/c1-5-6-12-26-34-29-30(24-10-7-8-11-25(24)33-31(29)32)37(26)18-9-17-36(27(38)21-35(2)3)20-23-15-13-22(14-16-23)19-28(39)40-4;1-5(2,3)4/h7-8,10-11,13-16H,5-6,9,12,17-21H2,1-4H3,(H2,32,33);1H3,(H,2,3,4). The summed E-state index contributed by atoms with van der Waals surface area (Å²) in [7, 11) is 1.52. The van der Waals surface area contributed by atoms with Gasteiger partial charge in [0.1, 0.15) is 11.3 Å². The maximum Gasteiger partial charge on any atom is 0.309 e. The van der Waals surface area contributed by atoms with Crippen LogP contribution in [0.3, 0.4) is 0 Å². The zero-order valence-corrected chi connectivity index (χ0v) is 27.5. The van der Waals surface area contributed by atoms with Crippen LogP contribution in [0.15, 0.2) is 48.5 Å². The lowest BCUT2D eigenvalue weighted by Crippen LogP contribution is -2.38. The molecule has 0 aliphatic rings. The first-order valence-electron chi connectivity index (χ1n) is 14.8. The van der Waals surface area contributed by atoms with Crippen molar-refractivity contribution in [1.82, 2.24) is 24.3 Å². The molecule has 0 spiro atoms. The summed E-state index contributed by atoms with van der Waals surface area (Å²) in [6.07, 6.45) is 4.68. The fourth-order valence-corrected chi connectivity index (χ4v) is 4.98. The first-order chi connectivity index (χ1) is 21.3. The lowest BCUT2D eigenvalue weighted by atomic mass is 10.1. The van der Waals surface area contributed by atoms with Crippen molar-refractivity contribution in [2.24, 2.45) is 0 Å². The molecule has 244 valence electrons. The van der Waals surface area contributed by atoms with E-state index in [0.717, 1.165) is 64.6 Å². The number of nitrogens with two attached hydrogens (primary N) is 1. The number of amides is 1. The van der Waals surface area contributed by atoms with Gasteiger partial charge in [-0.15, -0.1) is 0 Å². The number of nitrogens with zero attached hydrogens (tertiary/aromatic N) is 5. The van der Waals surface area contributed by atoms with Crippen molar-refractivity contribution >= 4 is 49.7 Å². The van der Waals surface area contributed by atoms with Crippen LogP contribution < -0.4 is 5.73 Å². The second-order valence-corrected chi connectivity index (χ2v) is 12.7. The molecule has 0 saturated carbocycles. The van der Waals surface area contributed by atoms with Crippen LogP contribution in [0.2, 0.25) is 0 Å². The zero-order chi connectivity index (χ0) is 33.1. The number of ether oxygens (including phenoxy) is 1. The number of nitrogen functional groups attached to an aromatic ring is 1. The second-order valence-electron chi connectivity index (χ2n) is 11.2. The second kappa shape index (κ2) is 16.3. The number of unbranched alkanes of at least 4 members (excludes halogenated alkanes) is 1. The first-order valence-corrected chi connectivity index (χ1v) is 16.7. The van der Waals surface area contributed by atoms with Crippen molar-refractivity contribution in [2.75, 3.05) is 46.3 Å². The molecule has 0 unspecified atom stereocenters. The van der Waals surface area contributed by atoms with E-state index in [0.29, 0.717) is 38.3 Å². The highest BCUT2D eigenvalue weighted by molar-refractivity contribution is 7.85. The highest BCUT2D eigenvalue weighted by Gasteiger charge is 2.19. The summed E-state index contributed by atoms with van der Waals surface area (Å²) in [5.41, 5.74) is 10.9.